The summed E-state index contributed by atoms with van der Waals surface area (Å²) in [5.41, 5.74) is 0.862. The van der Waals surface area contributed by atoms with Gasteiger partial charge < -0.3 is 19.1 Å². The second-order valence-corrected chi connectivity index (χ2v) is 7.32. The van der Waals surface area contributed by atoms with Gasteiger partial charge in [-0.2, -0.15) is 0 Å². The van der Waals surface area contributed by atoms with E-state index in [0.717, 1.165) is 30.8 Å². The molecule has 0 N–H and O–H groups in total. The maximum Gasteiger partial charge on any atom is 0.226 e. The largest absolute Gasteiger partial charge is 0.496 e. The van der Waals surface area contributed by atoms with E-state index in [-0.39, 0.29) is 29.4 Å². The molecule has 0 unspecified atom stereocenters. The van der Waals surface area contributed by atoms with E-state index in [1.807, 2.05) is 30.0 Å². The number of benzene rings is 1. The third-order valence-electron chi connectivity index (χ3n) is 5.43. The topological polar surface area (TPSA) is 48.0 Å². The van der Waals surface area contributed by atoms with E-state index < -0.39 is 0 Å². The molecule has 0 bridgehead atoms. The van der Waals surface area contributed by atoms with Gasteiger partial charge in [0.05, 0.1) is 26.4 Å². The molecular formula is C19H25NO4. The predicted molar refractivity (Wildman–Crippen MR) is 89.1 cm³/mol. The maximum absolute atomic E-state index is 13.0. The monoisotopic (exact) mass is 331 g/mol. The minimum atomic E-state index is -0.290. The first-order valence-corrected chi connectivity index (χ1v) is 8.79. The zero-order valence-electron chi connectivity index (χ0n) is 14.4. The summed E-state index contributed by atoms with van der Waals surface area (Å²) >= 11 is 0. The SMILES string of the molecule is COc1ccccc1[C@@H]1C[C@H]1C(=O)N1C[C@@H](C)O[C@@]2(CCOC2)C1. The van der Waals surface area contributed by atoms with E-state index in [4.69, 9.17) is 14.2 Å². The summed E-state index contributed by atoms with van der Waals surface area (Å²) in [5, 5.41) is 0. The van der Waals surface area contributed by atoms with Crippen LogP contribution in [0.5, 0.6) is 5.75 Å². The van der Waals surface area contributed by atoms with Gasteiger partial charge in [-0.15, -0.1) is 0 Å². The summed E-state index contributed by atoms with van der Waals surface area (Å²) in [6, 6.07) is 8.02. The van der Waals surface area contributed by atoms with Gasteiger partial charge in [0.2, 0.25) is 5.91 Å². The minimum Gasteiger partial charge on any atom is -0.496 e. The van der Waals surface area contributed by atoms with Crippen molar-refractivity contribution in [3.63, 3.8) is 0 Å². The lowest BCUT2D eigenvalue weighted by Crippen LogP contribution is -2.57. The first-order valence-electron chi connectivity index (χ1n) is 8.79. The van der Waals surface area contributed by atoms with Gasteiger partial charge in [-0.25, -0.2) is 0 Å². The van der Waals surface area contributed by atoms with E-state index >= 15 is 0 Å². The van der Waals surface area contributed by atoms with Gasteiger partial charge in [0, 0.05) is 25.5 Å². The Bertz CT molecular complexity index is 626. The van der Waals surface area contributed by atoms with Gasteiger partial charge in [-0.3, -0.25) is 4.79 Å². The Balaban J connectivity index is 1.47. The number of carbonyl (C=O) groups excluding carboxylic acids is 1. The molecule has 1 aromatic carbocycles. The summed E-state index contributed by atoms with van der Waals surface area (Å²) < 4.78 is 17.1. The molecule has 1 amide bonds. The first kappa shape index (κ1) is 15.9. The van der Waals surface area contributed by atoms with Crippen LogP contribution >= 0.6 is 0 Å². The first-order chi connectivity index (χ1) is 11.6. The molecule has 130 valence electrons. The van der Waals surface area contributed by atoms with Crippen LogP contribution in [0.1, 0.15) is 31.2 Å². The normalized spacial score (nSPS) is 35.2. The quantitative estimate of drug-likeness (QED) is 0.852. The second kappa shape index (κ2) is 6.05. The van der Waals surface area contributed by atoms with Gasteiger partial charge in [-0.05, 0) is 30.9 Å². The average molecular weight is 331 g/mol. The van der Waals surface area contributed by atoms with Gasteiger partial charge >= 0.3 is 0 Å². The molecular weight excluding hydrogens is 306 g/mol. The molecule has 24 heavy (non-hydrogen) atoms. The number of rotatable bonds is 3. The van der Waals surface area contributed by atoms with Gasteiger partial charge in [0.1, 0.15) is 11.4 Å². The lowest BCUT2D eigenvalue weighted by Gasteiger charge is -2.43. The van der Waals surface area contributed by atoms with Gasteiger partial charge in [0.15, 0.2) is 0 Å². The fourth-order valence-corrected chi connectivity index (χ4v) is 4.22. The molecule has 3 fully saturated rings. The Morgan fingerprint density at radius 3 is 2.96 bits per heavy atom. The third kappa shape index (κ3) is 2.80. The number of para-hydroxylation sites is 1. The van der Waals surface area contributed by atoms with Crippen LogP contribution in [0.3, 0.4) is 0 Å². The fraction of sp³-hybridized carbons (Fsp3) is 0.632. The number of hydrogen-bond donors (Lipinski definition) is 0. The second-order valence-electron chi connectivity index (χ2n) is 7.32. The van der Waals surface area contributed by atoms with Crippen LogP contribution in [0.25, 0.3) is 0 Å². The van der Waals surface area contributed by atoms with Crippen LogP contribution in [0.15, 0.2) is 24.3 Å². The van der Waals surface area contributed by atoms with Crippen molar-refractivity contribution in [2.45, 2.75) is 37.4 Å². The zero-order chi connectivity index (χ0) is 16.7. The molecule has 1 saturated carbocycles. The summed E-state index contributed by atoms with van der Waals surface area (Å²) in [5.74, 6) is 1.50. The van der Waals surface area contributed by atoms with Crippen LogP contribution in [0.2, 0.25) is 0 Å². The van der Waals surface area contributed by atoms with E-state index in [1.54, 1.807) is 7.11 Å². The summed E-state index contributed by atoms with van der Waals surface area (Å²) in [6.07, 6.45) is 1.85. The summed E-state index contributed by atoms with van der Waals surface area (Å²) in [6.45, 7) is 4.70. The van der Waals surface area contributed by atoms with Crippen LogP contribution < -0.4 is 4.74 Å². The van der Waals surface area contributed by atoms with Crippen molar-refractivity contribution in [1.82, 2.24) is 4.90 Å². The highest BCUT2D eigenvalue weighted by atomic mass is 16.6. The number of ether oxygens (including phenoxy) is 3. The van der Waals surface area contributed by atoms with Crippen molar-refractivity contribution in [2.24, 2.45) is 5.92 Å². The van der Waals surface area contributed by atoms with E-state index in [1.165, 1.54) is 0 Å². The minimum absolute atomic E-state index is 0.0628. The van der Waals surface area contributed by atoms with E-state index in [9.17, 15) is 4.79 Å². The fourth-order valence-electron chi connectivity index (χ4n) is 4.22. The highest BCUT2D eigenvalue weighted by Gasteiger charge is 2.50. The van der Waals surface area contributed by atoms with Gasteiger partial charge in [-0.1, -0.05) is 18.2 Å². The average Bonchev–Trinajstić information content (AvgIpc) is 3.27. The Labute approximate surface area is 142 Å². The Morgan fingerprint density at radius 2 is 2.21 bits per heavy atom. The molecule has 5 nitrogen and oxygen atoms in total. The molecule has 0 radical (unpaired) electrons. The van der Waals surface area contributed by atoms with Crippen LogP contribution in [0.4, 0.5) is 0 Å². The molecule has 5 heteroatoms. The highest BCUT2D eigenvalue weighted by molar-refractivity contribution is 5.83. The number of hydrogen-bond acceptors (Lipinski definition) is 4. The molecule has 3 aliphatic rings. The molecule has 1 aromatic rings. The predicted octanol–water partition coefficient (Wildman–Crippen LogP) is 2.21. The zero-order valence-corrected chi connectivity index (χ0v) is 14.4. The molecule has 2 heterocycles. The van der Waals surface area contributed by atoms with E-state index in [0.29, 0.717) is 19.7 Å². The van der Waals surface area contributed by atoms with Crippen molar-refractivity contribution in [3.05, 3.63) is 29.8 Å². The summed E-state index contributed by atoms with van der Waals surface area (Å²) in [4.78, 5) is 15.0. The van der Waals surface area contributed by atoms with Crippen molar-refractivity contribution >= 4 is 5.91 Å². The molecule has 1 aliphatic carbocycles. The lowest BCUT2D eigenvalue weighted by molar-refractivity contribution is -0.167. The Kier molecular flexibility index (Phi) is 4.01. The van der Waals surface area contributed by atoms with E-state index in [2.05, 4.69) is 6.07 Å². The Morgan fingerprint density at radius 1 is 1.38 bits per heavy atom. The van der Waals surface area contributed by atoms with Gasteiger partial charge in [0.25, 0.3) is 0 Å². The van der Waals surface area contributed by atoms with Crippen molar-refractivity contribution in [3.8, 4) is 5.75 Å². The van der Waals surface area contributed by atoms with Crippen molar-refractivity contribution in [1.29, 1.82) is 0 Å². The standard InChI is InChI=1S/C19H25NO4/c1-13-10-20(11-19(24-13)7-8-23-12-19)18(21)16-9-15(16)14-5-3-4-6-17(14)22-2/h3-6,13,15-16H,7-12H2,1-2H3/t13-,15+,16-,19+/m1/s1. The molecule has 2 aliphatic heterocycles. The molecule has 4 rings (SSSR count). The number of morpholine rings is 1. The molecule has 2 saturated heterocycles. The molecule has 1 spiro atoms. The maximum atomic E-state index is 13.0. The number of nitrogens with zero attached hydrogens (tertiary/aromatic N) is 1. The van der Waals surface area contributed by atoms with Crippen molar-refractivity contribution < 1.29 is 19.0 Å². The Hall–Kier alpha value is -1.59. The lowest BCUT2D eigenvalue weighted by atomic mass is 9.98. The number of methoxy groups -OCH3 is 1. The molecule has 4 atom stereocenters. The van der Waals surface area contributed by atoms with Crippen LogP contribution in [-0.2, 0) is 14.3 Å². The van der Waals surface area contributed by atoms with Crippen molar-refractivity contribution in [2.75, 3.05) is 33.4 Å². The summed E-state index contributed by atoms with van der Waals surface area (Å²) in [7, 11) is 1.69. The number of amides is 1. The third-order valence-corrected chi connectivity index (χ3v) is 5.43. The highest BCUT2D eigenvalue weighted by Crippen LogP contribution is 2.51. The van der Waals surface area contributed by atoms with Crippen LogP contribution in [0, 0.1) is 5.92 Å². The number of carbonyl (C=O) groups is 1. The van der Waals surface area contributed by atoms with Crippen LogP contribution in [-0.4, -0.2) is 55.9 Å². The smallest absolute Gasteiger partial charge is 0.226 e. The molecule has 0 aromatic heterocycles.